The van der Waals surface area contributed by atoms with Crippen LogP contribution in [0.3, 0.4) is 0 Å². The third kappa shape index (κ3) is 3.65. The van der Waals surface area contributed by atoms with E-state index in [1.807, 2.05) is 0 Å². The summed E-state index contributed by atoms with van der Waals surface area (Å²) < 4.78 is 47.6. The Hall–Kier alpha value is -1.45. The second-order valence-corrected chi connectivity index (χ2v) is 9.77. The summed E-state index contributed by atoms with van der Waals surface area (Å²) in [5.74, 6) is -0.375. The summed E-state index contributed by atoms with van der Waals surface area (Å²) in [5.41, 5.74) is 0.294. The molecule has 0 bridgehead atoms. The minimum atomic E-state index is -3.53. The molecule has 1 aliphatic heterocycles. The Morgan fingerprint density at radius 2 is 1.82 bits per heavy atom. The lowest BCUT2D eigenvalue weighted by Crippen LogP contribution is -2.35. The van der Waals surface area contributed by atoms with Gasteiger partial charge in [0.25, 0.3) is 5.91 Å². The highest BCUT2D eigenvalue weighted by Gasteiger charge is 2.29. The van der Waals surface area contributed by atoms with E-state index in [0.717, 1.165) is 4.31 Å². The van der Waals surface area contributed by atoms with Crippen LogP contribution in [0.1, 0.15) is 16.8 Å². The van der Waals surface area contributed by atoms with E-state index < -0.39 is 25.8 Å². The highest BCUT2D eigenvalue weighted by Crippen LogP contribution is 2.15. The van der Waals surface area contributed by atoms with Crippen molar-refractivity contribution < 1.29 is 21.6 Å². The molecule has 9 heteroatoms. The van der Waals surface area contributed by atoms with Crippen molar-refractivity contribution in [2.24, 2.45) is 0 Å². The maximum absolute atomic E-state index is 12.0. The van der Waals surface area contributed by atoms with Gasteiger partial charge >= 0.3 is 0 Å². The summed E-state index contributed by atoms with van der Waals surface area (Å²) in [6.07, 6.45) is 0.404. The molecule has 122 valence electrons. The fraction of sp³-hybridized carbons (Fsp3) is 0.462. The maximum Gasteiger partial charge on any atom is 0.251 e. The zero-order valence-corrected chi connectivity index (χ0v) is 13.9. The van der Waals surface area contributed by atoms with Crippen LogP contribution in [-0.2, 0) is 19.9 Å². The Bertz CT molecular complexity index is 767. The highest BCUT2D eigenvalue weighted by atomic mass is 32.2. The van der Waals surface area contributed by atoms with Gasteiger partial charge in [-0.05, 0) is 30.7 Å². The molecule has 1 amide bonds. The van der Waals surface area contributed by atoms with Gasteiger partial charge in [0.1, 0.15) is 0 Å². The molecule has 1 saturated heterocycles. The van der Waals surface area contributed by atoms with Gasteiger partial charge < -0.3 is 5.32 Å². The SMILES string of the molecule is CN(C)S(=O)(=O)c1ccc(C(=O)N[C@@H]2CCS(=O)(=O)C2)cc1. The van der Waals surface area contributed by atoms with Gasteiger partial charge in [0.05, 0.1) is 16.4 Å². The molecule has 1 aliphatic rings. The number of nitrogens with zero attached hydrogens (tertiary/aromatic N) is 1. The summed E-state index contributed by atoms with van der Waals surface area (Å²) in [4.78, 5) is 12.1. The predicted octanol–water partition coefficient (Wildman–Crippen LogP) is -0.146. The number of rotatable bonds is 4. The topological polar surface area (TPSA) is 101 Å². The van der Waals surface area contributed by atoms with Crippen LogP contribution in [0.15, 0.2) is 29.2 Å². The Labute approximate surface area is 130 Å². The Morgan fingerprint density at radius 3 is 2.27 bits per heavy atom. The lowest BCUT2D eigenvalue weighted by atomic mass is 10.2. The number of sulfonamides is 1. The second kappa shape index (κ2) is 5.98. The summed E-state index contributed by atoms with van der Waals surface area (Å²) >= 11 is 0. The molecule has 0 saturated carbocycles. The van der Waals surface area contributed by atoms with Gasteiger partial charge in [0.2, 0.25) is 10.0 Å². The first-order valence-corrected chi connectivity index (χ1v) is 9.92. The van der Waals surface area contributed by atoms with Crippen molar-refractivity contribution in [3.63, 3.8) is 0 Å². The zero-order valence-electron chi connectivity index (χ0n) is 12.3. The van der Waals surface area contributed by atoms with Crippen LogP contribution in [0.25, 0.3) is 0 Å². The van der Waals surface area contributed by atoms with Gasteiger partial charge in [-0.1, -0.05) is 0 Å². The monoisotopic (exact) mass is 346 g/mol. The average molecular weight is 346 g/mol. The molecular weight excluding hydrogens is 328 g/mol. The van der Waals surface area contributed by atoms with Crippen molar-refractivity contribution in [3.05, 3.63) is 29.8 Å². The number of nitrogens with one attached hydrogen (secondary N) is 1. The molecule has 22 heavy (non-hydrogen) atoms. The third-order valence-electron chi connectivity index (χ3n) is 3.46. The van der Waals surface area contributed by atoms with Crippen LogP contribution < -0.4 is 5.32 Å². The quantitative estimate of drug-likeness (QED) is 0.817. The molecule has 0 radical (unpaired) electrons. The fourth-order valence-corrected chi connectivity index (χ4v) is 4.74. The normalized spacial score (nSPS) is 21.0. The van der Waals surface area contributed by atoms with E-state index in [9.17, 15) is 21.6 Å². The third-order valence-corrected chi connectivity index (χ3v) is 7.06. The van der Waals surface area contributed by atoms with E-state index in [1.54, 1.807) is 0 Å². The van der Waals surface area contributed by atoms with Crippen LogP contribution >= 0.6 is 0 Å². The molecule has 0 aliphatic carbocycles. The number of hydrogen-bond acceptors (Lipinski definition) is 5. The van der Waals surface area contributed by atoms with Gasteiger partial charge in [0, 0.05) is 25.7 Å². The van der Waals surface area contributed by atoms with Crippen molar-refractivity contribution in [3.8, 4) is 0 Å². The Morgan fingerprint density at radius 1 is 1.23 bits per heavy atom. The van der Waals surface area contributed by atoms with E-state index in [4.69, 9.17) is 0 Å². The van der Waals surface area contributed by atoms with Gasteiger partial charge in [-0.15, -0.1) is 0 Å². The van der Waals surface area contributed by atoms with Crippen molar-refractivity contribution >= 4 is 25.8 Å². The fourth-order valence-electron chi connectivity index (χ4n) is 2.17. The number of benzene rings is 1. The number of hydrogen-bond donors (Lipinski definition) is 1. The maximum atomic E-state index is 12.0. The average Bonchev–Trinajstić information content (AvgIpc) is 2.77. The minimum absolute atomic E-state index is 0.0498. The van der Waals surface area contributed by atoms with E-state index in [1.165, 1.54) is 38.4 Å². The molecular formula is C13H18N2O5S2. The standard InChI is InChI=1S/C13H18N2O5S2/c1-15(2)22(19,20)12-5-3-10(4-6-12)13(16)14-11-7-8-21(17,18)9-11/h3-6,11H,7-9H2,1-2H3,(H,14,16)/t11-/m1/s1. The first-order valence-electron chi connectivity index (χ1n) is 6.66. The second-order valence-electron chi connectivity index (χ2n) is 5.39. The van der Waals surface area contributed by atoms with Crippen LogP contribution in [0.2, 0.25) is 0 Å². The van der Waals surface area contributed by atoms with E-state index >= 15 is 0 Å². The molecule has 1 N–H and O–H groups in total. The first-order chi connectivity index (χ1) is 10.1. The van der Waals surface area contributed by atoms with Crippen molar-refractivity contribution in [1.29, 1.82) is 0 Å². The number of amides is 1. The smallest absolute Gasteiger partial charge is 0.251 e. The summed E-state index contributed by atoms with van der Waals surface area (Å²) in [6, 6.07) is 5.15. The number of sulfone groups is 1. The van der Waals surface area contributed by atoms with Gasteiger partial charge in [-0.2, -0.15) is 0 Å². The minimum Gasteiger partial charge on any atom is -0.348 e. The molecule has 1 aromatic rings. The van der Waals surface area contributed by atoms with E-state index in [-0.39, 0.29) is 22.4 Å². The van der Waals surface area contributed by atoms with Gasteiger partial charge in [-0.3, -0.25) is 4.79 Å². The molecule has 7 nitrogen and oxygen atoms in total. The zero-order chi connectivity index (χ0) is 16.5. The molecule has 0 aromatic heterocycles. The molecule has 0 spiro atoms. The lowest BCUT2D eigenvalue weighted by molar-refractivity contribution is 0.0941. The largest absolute Gasteiger partial charge is 0.348 e. The van der Waals surface area contributed by atoms with Gasteiger partial charge in [0.15, 0.2) is 9.84 Å². The Kier molecular flexibility index (Phi) is 4.59. The van der Waals surface area contributed by atoms with Gasteiger partial charge in [-0.25, -0.2) is 21.1 Å². The number of carbonyl (C=O) groups excluding carboxylic acids is 1. The van der Waals surface area contributed by atoms with Crippen LogP contribution in [0.5, 0.6) is 0 Å². The first kappa shape index (κ1) is 16.9. The summed E-state index contributed by atoms with van der Waals surface area (Å²) in [7, 11) is -3.74. The van der Waals surface area contributed by atoms with E-state index in [0.29, 0.717) is 12.0 Å². The molecule has 1 atom stereocenters. The lowest BCUT2D eigenvalue weighted by Gasteiger charge is -2.13. The predicted molar refractivity (Wildman–Crippen MR) is 81.8 cm³/mol. The summed E-state index contributed by atoms with van der Waals surface area (Å²) in [6.45, 7) is 0. The van der Waals surface area contributed by atoms with Crippen LogP contribution in [-0.4, -0.2) is 58.7 Å². The molecule has 1 fully saturated rings. The van der Waals surface area contributed by atoms with Crippen LogP contribution in [0.4, 0.5) is 0 Å². The highest BCUT2D eigenvalue weighted by molar-refractivity contribution is 7.91. The molecule has 1 aromatic carbocycles. The van der Waals surface area contributed by atoms with Crippen molar-refractivity contribution in [2.45, 2.75) is 17.4 Å². The summed E-state index contributed by atoms with van der Waals surface area (Å²) in [5, 5.41) is 2.65. The Balaban J connectivity index is 2.09. The van der Waals surface area contributed by atoms with Crippen LogP contribution in [0, 0.1) is 0 Å². The van der Waals surface area contributed by atoms with E-state index in [2.05, 4.69) is 5.32 Å². The molecule has 2 rings (SSSR count). The molecule has 0 unspecified atom stereocenters. The van der Waals surface area contributed by atoms with Crippen molar-refractivity contribution in [1.82, 2.24) is 9.62 Å². The molecule has 1 heterocycles. The van der Waals surface area contributed by atoms with Crippen molar-refractivity contribution in [2.75, 3.05) is 25.6 Å². The number of carbonyl (C=O) groups is 1.